The van der Waals surface area contributed by atoms with Crippen LogP contribution in [0.5, 0.6) is 11.8 Å². The summed E-state index contributed by atoms with van der Waals surface area (Å²) in [4.78, 5) is 31.9. The Kier molecular flexibility index (Phi) is 8.34. The second kappa shape index (κ2) is 13.5. The Hall–Kier alpha value is -5.77. The summed E-state index contributed by atoms with van der Waals surface area (Å²) in [6, 6.07) is 19.2. The van der Waals surface area contributed by atoms with Crippen LogP contribution < -0.4 is 19.7 Å². The van der Waals surface area contributed by atoms with Gasteiger partial charge in [0, 0.05) is 55.3 Å². The van der Waals surface area contributed by atoms with Crippen molar-refractivity contribution >= 4 is 44.2 Å². The molecule has 2 bridgehead atoms. The number of piperazine rings is 1. The number of carbonyl (C=O) groups is 1. The molecule has 4 aliphatic rings. The molecule has 1 N–H and O–H groups in total. The topological polar surface area (TPSA) is 92.7 Å². The van der Waals surface area contributed by atoms with Gasteiger partial charge in [-0.3, -0.25) is 9.88 Å². The number of benzene rings is 4. The Morgan fingerprint density at radius 2 is 1.79 bits per heavy atom. The molecule has 282 valence electrons. The van der Waals surface area contributed by atoms with E-state index in [1.54, 1.807) is 18.2 Å². The Morgan fingerprint density at radius 3 is 2.61 bits per heavy atom. The average molecular weight is 755 g/mol. The first kappa shape index (κ1) is 34.7. The van der Waals surface area contributed by atoms with Crippen molar-refractivity contribution in [1.82, 2.24) is 25.2 Å². The van der Waals surface area contributed by atoms with Crippen LogP contribution in [0.2, 0.25) is 0 Å². The van der Waals surface area contributed by atoms with Crippen LogP contribution in [0.25, 0.3) is 43.7 Å². The molecule has 0 radical (unpaired) electrons. The summed E-state index contributed by atoms with van der Waals surface area (Å²) in [6.07, 6.45) is 10.6. The molecule has 2 aromatic heterocycles. The lowest BCUT2D eigenvalue weighted by Crippen LogP contribution is -2.51. The van der Waals surface area contributed by atoms with E-state index in [2.05, 4.69) is 31.0 Å². The quantitative estimate of drug-likeness (QED) is 0.102. The maximum absolute atomic E-state index is 17.4. The Morgan fingerprint density at radius 1 is 0.982 bits per heavy atom. The van der Waals surface area contributed by atoms with Gasteiger partial charge in [-0.2, -0.15) is 9.97 Å². The van der Waals surface area contributed by atoms with E-state index in [9.17, 15) is 9.18 Å². The number of alkyl halides is 1. The van der Waals surface area contributed by atoms with Crippen molar-refractivity contribution in [2.45, 2.75) is 55.9 Å². The van der Waals surface area contributed by atoms with E-state index in [1.807, 2.05) is 30.3 Å². The first-order chi connectivity index (χ1) is 27.2. The summed E-state index contributed by atoms with van der Waals surface area (Å²) in [5.74, 6) is 0.919. The number of ether oxygens (including phenoxy) is 2. The minimum absolute atomic E-state index is 0.0174. The number of rotatable bonds is 7. The van der Waals surface area contributed by atoms with Crippen molar-refractivity contribution in [3.8, 4) is 35.4 Å². The van der Waals surface area contributed by atoms with Crippen molar-refractivity contribution in [2.75, 3.05) is 37.7 Å². The fourth-order valence-corrected chi connectivity index (χ4v) is 9.41. The van der Waals surface area contributed by atoms with Crippen LogP contribution in [-0.2, 0) is 0 Å². The van der Waals surface area contributed by atoms with Gasteiger partial charge in [0.25, 0.3) is 0 Å². The van der Waals surface area contributed by atoms with E-state index < -0.39 is 29.3 Å². The lowest BCUT2D eigenvalue weighted by Gasteiger charge is -2.34. The smallest absolute Gasteiger partial charge is 0.343 e. The number of hydrogen-bond donors (Lipinski definition) is 1. The first-order valence-corrected chi connectivity index (χ1v) is 19.1. The Bertz CT molecular complexity index is 2620. The minimum atomic E-state index is -0.940. The third kappa shape index (κ3) is 5.88. The molecule has 0 saturated carbocycles. The summed E-state index contributed by atoms with van der Waals surface area (Å²) in [5, 5.41) is 6.50. The molecule has 56 heavy (non-hydrogen) atoms. The fraction of sp³-hybridized carbons (Fsp3) is 0.318. The maximum Gasteiger partial charge on any atom is 0.343 e. The Labute approximate surface area is 320 Å². The van der Waals surface area contributed by atoms with Crippen molar-refractivity contribution < 1.29 is 27.4 Å². The van der Waals surface area contributed by atoms with E-state index >= 15 is 8.78 Å². The van der Waals surface area contributed by atoms with E-state index in [1.165, 1.54) is 24.4 Å². The SMILES string of the molecule is C#Cc1c(F)ccc2cc(OC(=O)c3ccc4ccccc4c3)cc(-c3ncc4c(N5CC6CCC(C5)N6)nc(OC[C@@]56CCCN5C[C@H](F)C6)nc4c3F)c12. The molecule has 4 atom stereocenters. The minimum Gasteiger partial charge on any atom is -0.461 e. The number of pyridine rings is 1. The van der Waals surface area contributed by atoms with Crippen LogP contribution in [0.15, 0.2) is 72.9 Å². The predicted molar refractivity (Wildman–Crippen MR) is 208 cm³/mol. The highest BCUT2D eigenvalue weighted by Crippen LogP contribution is 2.42. The van der Waals surface area contributed by atoms with Crippen molar-refractivity contribution in [1.29, 1.82) is 0 Å². The number of halogens is 3. The number of nitrogens with zero attached hydrogens (tertiary/aromatic N) is 5. The zero-order chi connectivity index (χ0) is 38.1. The summed E-state index contributed by atoms with van der Waals surface area (Å²) >= 11 is 0. The molecule has 4 aromatic carbocycles. The standard InChI is InChI=1S/C44H37F3N6O3/c1-2-33-36(46)13-10-27-17-32(56-42(54)28-9-8-25-6-3-4-7-26(25)16-28)18-34(37(27)33)39-38(47)40-35(20-48-39)41(52-22-30-11-12-31(23-52)49-30)51-43(50-40)55-24-44-14-5-15-53(44)21-29(45)19-44/h1,3-4,6-10,13,16-18,20,29-31,49H,5,11-12,14-15,19,21-24H2/t29-,30?,31?,44+/m1/s1. The van der Waals surface area contributed by atoms with Crippen LogP contribution in [0.4, 0.5) is 19.0 Å². The highest BCUT2D eigenvalue weighted by atomic mass is 19.1. The van der Waals surface area contributed by atoms with E-state index in [0.29, 0.717) is 48.2 Å². The third-order valence-corrected chi connectivity index (χ3v) is 12.0. The second-order valence-corrected chi connectivity index (χ2v) is 15.5. The predicted octanol–water partition coefficient (Wildman–Crippen LogP) is 7.37. The van der Waals surface area contributed by atoms with Gasteiger partial charge in [0.15, 0.2) is 5.82 Å². The number of esters is 1. The van der Waals surface area contributed by atoms with Gasteiger partial charge in [-0.1, -0.05) is 42.3 Å². The molecule has 0 aliphatic carbocycles. The molecule has 0 amide bonds. The van der Waals surface area contributed by atoms with Crippen LogP contribution >= 0.6 is 0 Å². The number of carbonyl (C=O) groups excluding carboxylic acids is 1. The van der Waals surface area contributed by atoms with Gasteiger partial charge in [0.2, 0.25) is 0 Å². The summed E-state index contributed by atoms with van der Waals surface area (Å²) in [5.41, 5.74) is -0.311. The summed E-state index contributed by atoms with van der Waals surface area (Å²) < 4.78 is 59.5. The molecular weight excluding hydrogens is 718 g/mol. The van der Waals surface area contributed by atoms with Gasteiger partial charge in [-0.15, -0.1) is 6.42 Å². The zero-order valence-electron chi connectivity index (χ0n) is 30.4. The maximum atomic E-state index is 17.4. The van der Waals surface area contributed by atoms with Gasteiger partial charge in [0.1, 0.15) is 41.4 Å². The molecule has 0 spiro atoms. The molecule has 4 fully saturated rings. The number of hydrogen-bond acceptors (Lipinski definition) is 9. The van der Waals surface area contributed by atoms with Gasteiger partial charge in [-0.05, 0) is 78.7 Å². The highest BCUT2D eigenvalue weighted by molar-refractivity contribution is 6.04. The molecule has 12 heteroatoms. The lowest BCUT2D eigenvalue weighted by atomic mass is 9.95. The third-order valence-electron chi connectivity index (χ3n) is 12.0. The molecule has 4 aliphatic heterocycles. The molecular formula is C44H37F3N6O3. The first-order valence-electron chi connectivity index (χ1n) is 19.1. The van der Waals surface area contributed by atoms with Crippen molar-refractivity contribution in [3.05, 3.63) is 95.7 Å². The van der Waals surface area contributed by atoms with Crippen LogP contribution in [0.3, 0.4) is 0 Å². The number of anilines is 1. The second-order valence-electron chi connectivity index (χ2n) is 15.5. The lowest BCUT2D eigenvalue weighted by molar-refractivity contribution is 0.0735. The Balaban J connectivity index is 1.09. The van der Waals surface area contributed by atoms with Crippen LogP contribution in [0.1, 0.15) is 48.0 Å². The number of terminal acetylenes is 1. The van der Waals surface area contributed by atoms with Crippen LogP contribution in [0, 0.1) is 24.0 Å². The van der Waals surface area contributed by atoms with Crippen LogP contribution in [-0.4, -0.2) is 82.4 Å². The molecule has 6 heterocycles. The van der Waals surface area contributed by atoms with Gasteiger partial charge >= 0.3 is 12.0 Å². The monoisotopic (exact) mass is 754 g/mol. The van der Waals surface area contributed by atoms with Gasteiger partial charge in [-0.25, -0.2) is 18.0 Å². The summed E-state index contributed by atoms with van der Waals surface area (Å²) in [6.45, 7) is 2.65. The van der Waals surface area contributed by atoms with Crippen molar-refractivity contribution in [3.63, 3.8) is 0 Å². The summed E-state index contributed by atoms with van der Waals surface area (Å²) in [7, 11) is 0. The number of aromatic nitrogens is 3. The molecule has 2 unspecified atom stereocenters. The largest absolute Gasteiger partial charge is 0.461 e. The van der Waals surface area contributed by atoms with Gasteiger partial charge in [0.05, 0.1) is 22.1 Å². The average Bonchev–Trinajstić information content (AvgIpc) is 3.86. The zero-order valence-corrected chi connectivity index (χ0v) is 30.4. The molecule has 9 nitrogen and oxygen atoms in total. The van der Waals surface area contributed by atoms with Crippen molar-refractivity contribution in [2.24, 2.45) is 0 Å². The molecule has 6 aromatic rings. The van der Waals surface area contributed by atoms with E-state index in [-0.39, 0.29) is 58.2 Å². The highest BCUT2D eigenvalue weighted by Gasteiger charge is 2.49. The van der Waals surface area contributed by atoms with E-state index in [4.69, 9.17) is 20.9 Å². The molecule has 4 saturated heterocycles. The number of fused-ring (bicyclic) bond motifs is 6. The number of nitrogens with one attached hydrogen (secondary N) is 1. The van der Waals surface area contributed by atoms with E-state index in [0.717, 1.165) is 43.0 Å². The molecule has 10 rings (SSSR count). The normalized spacial score (nSPS) is 23.2. The fourth-order valence-electron chi connectivity index (χ4n) is 9.41. The van der Waals surface area contributed by atoms with Gasteiger partial charge < -0.3 is 19.7 Å².